The smallest absolute Gasteiger partial charge is 0.0468 e. The van der Waals surface area contributed by atoms with Crippen LogP contribution in [0.1, 0.15) is 44.9 Å². The first-order valence-electron chi connectivity index (χ1n) is 6.74. The monoisotopic (exact) mass is 245 g/mol. The zero-order valence-corrected chi connectivity index (χ0v) is 10.8. The van der Waals surface area contributed by atoms with Crippen molar-refractivity contribution in [1.82, 2.24) is 5.32 Å². The number of halogens is 1. The Morgan fingerprint density at radius 2 is 1.50 bits per heavy atom. The summed E-state index contributed by atoms with van der Waals surface area (Å²) in [6.07, 6.45) is 9.90. The van der Waals surface area contributed by atoms with Gasteiger partial charge < -0.3 is 10.1 Å². The summed E-state index contributed by atoms with van der Waals surface area (Å²) in [4.78, 5) is 0. The molecule has 0 amide bonds. The van der Waals surface area contributed by atoms with Gasteiger partial charge in [-0.3, -0.25) is 0 Å². The molecule has 3 aliphatic heterocycles. The average molecular weight is 246 g/mol. The third-order valence-electron chi connectivity index (χ3n) is 4.58. The lowest BCUT2D eigenvalue weighted by Crippen LogP contribution is -2.38. The van der Waals surface area contributed by atoms with E-state index in [9.17, 15) is 0 Å². The molecule has 3 fully saturated rings. The van der Waals surface area contributed by atoms with Crippen LogP contribution in [-0.4, -0.2) is 25.3 Å². The van der Waals surface area contributed by atoms with E-state index in [1.807, 2.05) is 0 Å². The molecule has 2 unspecified atom stereocenters. The summed E-state index contributed by atoms with van der Waals surface area (Å²) in [6, 6.07) is 1.74. The van der Waals surface area contributed by atoms with Crippen LogP contribution in [0.4, 0.5) is 0 Å². The molecule has 2 bridgehead atoms. The Labute approximate surface area is 105 Å². The Hall–Kier alpha value is 0.210. The van der Waals surface area contributed by atoms with Crippen LogP contribution in [0.2, 0.25) is 0 Å². The minimum atomic E-state index is 0. The summed E-state index contributed by atoms with van der Waals surface area (Å²) in [5.74, 6) is 1.99. The molecule has 0 radical (unpaired) electrons. The predicted octanol–water partition coefficient (Wildman–Crippen LogP) is 2.76. The van der Waals surface area contributed by atoms with E-state index in [1.54, 1.807) is 0 Å². The Morgan fingerprint density at radius 1 is 0.875 bits per heavy atom. The SMILES string of the molecule is C1CC(CC2CC3CCC(C2)N3)CCO1.Cl. The van der Waals surface area contributed by atoms with Crippen LogP contribution in [0.5, 0.6) is 0 Å². The second-order valence-electron chi connectivity index (χ2n) is 5.77. The third-order valence-corrected chi connectivity index (χ3v) is 4.58. The molecule has 94 valence electrons. The lowest BCUT2D eigenvalue weighted by molar-refractivity contribution is 0.0553. The zero-order valence-electron chi connectivity index (χ0n) is 9.99. The lowest BCUT2D eigenvalue weighted by Gasteiger charge is -2.32. The fraction of sp³-hybridized carbons (Fsp3) is 1.00. The summed E-state index contributed by atoms with van der Waals surface area (Å²) in [7, 11) is 0. The van der Waals surface area contributed by atoms with Gasteiger partial charge in [0, 0.05) is 25.3 Å². The largest absolute Gasteiger partial charge is 0.381 e. The van der Waals surface area contributed by atoms with Crippen LogP contribution in [0.25, 0.3) is 0 Å². The average Bonchev–Trinajstić information content (AvgIpc) is 2.60. The number of hydrogen-bond donors (Lipinski definition) is 1. The number of fused-ring (bicyclic) bond motifs is 2. The van der Waals surface area contributed by atoms with Crippen molar-refractivity contribution in [3.8, 4) is 0 Å². The van der Waals surface area contributed by atoms with Crippen molar-refractivity contribution in [2.24, 2.45) is 11.8 Å². The molecule has 0 spiro atoms. The van der Waals surface area contributed by atoms with Gasteiger partial charge in [0.15, 0.2) is 0 Å². The van der Waals surface area contributed by atoms with E-state index in [0.29, 0.717) is 0 Å². The molecule has 3 heterocycles. The number of hydrogen-bond acceptors (Lipinski definition) is 2. The molecule has 3 heteroatoms. The van der Waals surface area contributed by atoms with Crippen LogP contribution >= 0.6 is 12.4 Å². The summed E-state index contributed by atoms with van der Waals surface area (Å²) in [6.45, 7) is 2.03. The minimum absolute atomic E-state index is 0. The van der Waals surface area contributed by atoms with Crippen LogP contribution in [-0.2, 0) is 4.74 Å². The summed E-state index contributed by atoms with van der Waals surface area (Å²) in [5.41, 5.74) is 0. The highest BCUT2D eigenvalue weighted by Crippen LogP contribution is 2.36. The molecule has 1 N–H and O–H groups in total. The van der Waals surface area contributed by atoms with Crippen LogP contribution in [0.15, 0.2) is 0 Å². The molecule has 0 saturated carbocycles. The van der Waals surface area contributed by atoms with Gasteiger partial charge in [0.05, 0.1) is 0 Å². The molecule has 3 saturated heterocycles. The first-order chi connectivity index (χ1) is 7.40. The predicted molar refractivity (Wildman–Crippen MR) is 68.1 cm³/mol. The third kappa shape index (κ3) is 2.91. The Bertz CT molecular complexity index is 206. The van der Waals surface area contributed by atoms with E-state index in [0.717, 1.165) is 37.1 Å². The maximum absolute atomic E-state index is 5.43. The van der Waals surface area contributed by atoms with Gasteiger partial charge >= 0.3 is 0 Å². The highest BCUT2D eigenvalue weighted by molar-refractivity contribution is 5.85. The van der Waals surface area contributed by atoms with Gasteiger partial charge in [0.25, 0.3) is 0 Å². The van der Waals surface area contributed by atoms with Gasteiger partial charge in [-0.1, -0.05) is 0 Å². The quantitative estimate of drug-likeness (QED) is 0.808. The number of ether oxygens (including phenoxy) is 1. The van der Waals surface area contributed by atoms with Crippen LogP contribution in [0.3, 0.4) is 0 Å². The van der Waals surface area contributed by atoms with Gasteiger partial charge in [-0.25, -0.2) is 0 Å². The van der Waals surface area contributed by atoms with E-state index in [2.05, 4.69) is 5.32 Å². The normalized spacial score (nSPS) is 39.4. The molecular formula is C13H24ClNO. The molecule has 0 aromatic heterocycles. The van der Waals surface area contributed by atoms with Crippen molar-refractivity contribution >= 4 is 12.4 Å². The molecule has 2 nitrogen and oxygen atoms in total. The number of nitrogens with one attached hydrogen (secondary N) is 1. The zero-order chi connectivity index (χ0) is 10.1. The molecule has 16 heavy (non-hydrogen) atoms. The van der Waals surface area contributed by atoms with E-state index < -0.39 is 0 Å². The molecule has 0 aromatic carbocycles. The lowest BCUT2D eigenvalue weighted by atomic mass is 9.82. The maximum atomic E-state index is 5.43. The van der Waals surface area contributed by atoms with E-state index in [1.165, 1.54) is 44.9 Å². The molecular weight excluding hydrogens is 222 g/mol. The van der Waals surface area contributed by atoms with Crippen molar-refractivity contribution in [3.63, 3.8) is 0 Å². The van der Waals surface area contributed by atoms with Crippen LogP contribution in [0, 0.1) is 11.8 Å². The number of rotatable bonds is 2. The number of piperidine rings is 1. The standard InChI is InChI=1S/C13H23NO.ClH/c1-2-13-9-11(8-12(1)14-13)7-10-3-5-15-6-4-10;/h10-14H,1-9H2;1H. The fourth-order valence-corrected chi connectivity index (χ4v) is 3.82. The molecule has 0 aliphatic carbocycles. The Kier molecular flexibility index (Phi) is 4.51. The molecule has 3 aliphatic rings. The van der Waals surface area contributed by atoms with Gasteiger partial charge in [-0.15, -0.1) is 12.4 Å². The Morgan fingerprint density at radius 3 is 2.12 bits per heavy atom. The van der Waals surface area contributed by atoms with Gasteiger partial charge in [-0.05, 0) is 56.8 Å². The van der Waals surface area contributed by atoms with Crippen molar-refractivity contribution in [2.75, 3.05) is 13.2 Å². The van der Waals surface area contributed by atoms with E-state index in [-0.39, 0.29) is 12.4 Å². The van der Waals surface area contributed by atoms with Gasteiger partial charge in [-0.2, -0.15) is 0 Å². The van der Waals surface area contributed by atoms with E-state index >= 15 is 0 Å². The highest BCUT2D eigenvalue weighted by Gasteiger charge is 2.34. The van der Waals surface area contributed by atoms with Crippen molar-refractivity contribution < 1.29 is 4.74 Å². The second kappa shape index (κ2) is 5.70. The minimum Gasteiger partial charge on any atom is -0.381 e. The van der Waals surface area contributed by atoms with Crippen molar-refractivity contribution in [1.29, 1.82) is 0 Å². The molecule has 2 atom stereocenters. The summed E-state index contributed by atoms with van der Waals surface area (Å²) >= 11 is 0. The van der Waals surface area contributed by atoms with Crippen LogP contribution < -0.4 is 5.32 Å². The molecule has 3 rings (SSSR count). The van der Waals surface area contributed by atoms with Crippen molar-refractivity contribution in [2.45, 2.75) is 57.0 Å². The van der Waals surface area contributed by atoms with E-state index in [4.69, 9.17) is 4.74 Å². The summed E-state index contributed by atoms with van der Waals surface area (Å²) in [5, 5.41) is 3.73. The Balaban J connectivity index is 0.000000963. The highest BCUT2D eigenvalue weighted by atomic mass is 35.5. The van der Waals surface area contributed by atoms with Crippen molar-refractivity contribution in [3.05, 3.63) is 0 Å². The summed E-state index contributed by atoms with van der Waals surface area (Å²) < 4.78 is 5.43. The van der Waals surface area contributed by atoms with Gasteiger partial charge in [0.1, 0.15) is 0 Å². The first kappa shape index (κ1) is 12.7. The topological polar surface area (TPSA) is 21.3 Å². The maximum Gasteiger partial charge on any atom is 0.0468 e. The molecule has 0 aromatic rings. The fourth-order valence-electron chi connectivity index (χ4n) is 3.82. The second-order valence-corrected chi connectivity index (χ2v) is 5.77. The van der Waals surface area contributed by atoms with Gasteiger partial charge in [0.2, 0.25) is 0 Å². The first-order valence-corrected chi connectivity index (χ1v) is 6.74.